The summed E-state index contributed by atoms with van der Waals surface area (Å²) in [5.74, 6) is -0.640. The number of para-hydroxylation sites is 1. The van der Waals surface area contributed by atoms with Gasteiger partial charge in [0, 0.05) is 6.21 Å². The average molecular weight is 812 g/mol. The maximum absolute atomic E-state index is 11.7. The molecule has 0 N–H and O–H groups in total. The number of rotatable bonds is 25. The Kier molecular flexibility index (Phi) is 27.0. The maximum atomic E-state index is 11.7. The summed E-state index contributed by atoms with van der Waals surface area (Å²) in [6, 6.07) is 23.4. The van der Waals surface area contributed by atoms with Gasteiger partial charge in [-0.05, 0) is 110 Å². The molecule has 0 saturated carbocycles. The fraction of sp³-hybridized carbons (Fsp3) is 0.592. The largest absolute Gasteiger partial charge is 2.00 e. The van der Waals surface area contributed by atoms with Gasteiger partial charge in [-0.2, -0.15) is 0 Å². The Morgan fingerprint density at radius 3 is 1.36 bits per heavy atom. The van der Waals surface area contributed by atoms with Gasteiger partial charge in [-0.1, -0.05) is 161 Å². The second-order valence-electron chi connectivity index (χ2n) is 15.5. The van der Waals surface area contributed by atoms with E-state index in [1.165, 1.54) is 124 Å². The molecule has 0 aliphatic rings. The number of hydrogen-bond acceptors (Lipinski definition) is 4. The van der Waals surface area contributed by atoms with E-state index in [-0.39, 0.29) is 28.0 Å². The van der Waals surface area contributed by atoms with Crippen LogP contribution < -0.4 is 10.2 Å². The quantitative estimate of drug-likeness (QED) is 0.0486. The standard InChI is InChI=1S/C36H56N2.C13H22O2Si.Ni/c1-6-11-15-19-30-23-31(20-16-12-7-2)26-35(25-30)37-29-34(10-5)38-36-27-32(21-17-13-8-3)24-33(28-36)22-18-14-9-4;1-4-16(5-2,6-3)10-11-8-7-9-12(14)13(11)15;/h23-29H,6-22H2,1-5H3;7-9,14-15H,4-6,10H2,1-3H3;/q;;+2/p-2. The van der Waals surface area contributed by atoms with Crippen LogP contribution in [0.1, 0.15) is 167 Å². The van der Waals surface area contributed by atoms with E-state index in [1.807, 2.05) is 12.3 Å². The molecule has 0 saturated heterocycles. The van der Waals surface area contributed by atoms with Gasteiger partial charge in [0.15, 0.2) is 0 Å². The minimum atomic E-state index is -1.35. The van der Waals surface area contributed by atoms with E-state index < -0.39 is 8.07 Å². The Morgan fingerprint density at radius 2 is 0.982 bits per heavy atom. The van der Waals surface area contributed by atoms with Gasteiger partial charge in [-0.15, -0.1) is 11.5 Å². The molecule has 6 heteroatoms. The average Bonchev–Trinajstić information content (AvgIpc) is 3.18. The molecule has 0 aromatic heterocycles. The summed E-state index contributed by atoms with van der Waals surface area (Å²) in [7, 11) is -1.35. The molecule has 0 aliphatic heterocycles. The molecule has 0 aliphatic carbocycles. The third-order valence-electron chi connectivity index (χ3n) is 11.2. The molecular weight excluding hydrogens is 735 g/mol. The van der Waals surface area contributed by atoms with E-state index in [0.717, 1.165) is 60.8 Å². The van der Waals surface area contributed by atoms with Crippen LogP contribution in [-0.4, -0.2) is 20.0 Å². The molecule has 0 bridgehead atoms. The smallest absolute Gasteiger partial charge is 0.873 e. The van der Waals surface area contributed by atoms with E-state index >= 15 is 0 Å². The third kappa shape index (κ3) is 19.3. The van der Waals surface area contributed by atoms with E-state index in [0.29, 0.717) is 0 Å². The van der Waals surface area contributed by atoms with E-state index in [4.69, 9.17) is 9.98 Å². The van der Waals surface area contributed by atoms with Crippen molar-refractivity contribution in [1.82, 2.24) is 0 Å². The maximum Gasteiger partial charge on any atom is 2.00 e. The van der Waals surface area contributed by atoms with Gasteiger partial charge in [0.2, 0.25) is 0 Å². The fourth-order valence-corrected chi connectivity index (χ4v) is 10.6. The number of benzene rings is 3. The molecule has 55 heavy (non-hydrogen) atoms. The van der Waals surface area contributed by atoms with Crippen LogP contribution in [0.3, 0.4) is 0 Å². The van der Waals surface area contributed by atoms with Crippen molar-refractivity contribution in [1.29, 1.82) is 0 Å². The first-order valence-corrected chi connectivity index (χ1v) is 24.9. The van der Waals surface area contributed by atoms with Gasteiger partial charge in [-0.3, -0.25) is 9.98 Å². The van der Waals surface area contributed by atoms with Gasteiger partial charge in [0.1, 0.15) is 0 Å². The van der Waals surface area contributed by atoms with Crippen LogP contribution in [0.4, 0.5) is 11.4 Å². The van der Waals surface area contributed by atoms with Crippen LogP contribution in [0.25, 0.3) is 0 Å². The van der Waals surface area contributed by atoms with Crippen molar-refractivity contribution in [3.8, 4) is 11.5 Å². The van der Waals surface area contributed by atoms with Crippen LogP contribution >= 0.6 is 0 Å². The summed E-state index contributed by atoms with van der Waals surface area (Å²) in [4.78, 5) is 10.1. The molecule has 0 unspecified atom stereocenters. The van der Waals surface area contributed by atoms with Crippen molar-refractivity contribution in [3.63, 3.8) is 0 Å². The minimum absolute atomic E-state index is 0. The zero-order valence-corrected chi connectivity index (χ0v) is 38.1. The number of aryl methyl sites for hydroxylation is 4. The zero-order valence-electron chi connectivity index (χ0n) is 36.1. The van der Waals surface area contributed by atoms with Crippen molar-refractivity contribution < 1.29 is 26.7 Å². The van der Waals surface area contributed by atoms with Gasteiger partial charge in [0.05, 0.1) is 25.2 Å². The Balaban J connectivity index is 0.000000744. The number of aliphatic imine (C=N–C) groups is 2. The predicted molar refractivity (Wildman–Crippen MR) is 238 cm³/mol. The Labute approximate surface area is 349 Å². The van der Waals surface area contributed by atoms with Crippen LogP contribution in [-0.2, 0) is 48.2 Å². The molecule has 0 heterocycles. The van der Waals surface area contributed by atoms with E-state index in [2.05, 4.69) is 91.8 Å². The molecule has 0 spiro atoms. The molecular formula is C49H76N2NiO2Si. The van der Waals surface area contributed by atoms with Crippen molar-refractivity contribution in [3.05, 3.63) is 82.4 Å². The second-order valence-corrected chi connectivity index (χ2v) is 21.0. The summed E-state index contributed by atoms with van der Waals surface area (Å²) in [6.07, 6.45) is 22.8. The minimum Gasteiger partial charge on any atom is -0.873 e. The van der Waals surface area contributed by atoms with E-state index in [1.54, 1.807) is 6.07 Å². The molecule has 308 valence electrons. The summed E-state index contributed by atoms with van der Waals surface area (Å²) in [5.41, 5.74) is 9.73. The van der Waals surface area contributed by atoms with Crippen LogP contribution in [0.15, 0.2) is 64.6 Å². The van der Waals surface area contributed by atoms with Crippen LogP contribution in [0.5, 0.6) is 11.5 Å². The second kappa shape index (κ2) is 29.5. The van der Waals surface area contributed by atoms with Gasteiger partial charge >= 0.3 is 16.5 Å². The third-order valence-corrected chi connectivity index (χ3v) is 16.9. The number of unbranched alkanes of at least 4 members (excludes halogenated alkanes) is 8. The van der Waals surface area contributed by atoms with Crippen molar-refractivity contribution in [2.24, 2.45) is 9.98 Å². The Hall–Kier alpha value is -2.69. The number of nitrogens with zero attached hydrogens (tertiary/aromatic N) is 2. The molecule has 0 amide bonds. The molecule has 3 aromatic carbocycles. The number of hydrogen-bond donors (Lipinski definition) is 0. The first-order valence-electron chi connectivity index (χ1n) is 22.0. The molecule has 3 rings (SSSR count). The van der Waals surface area contributed by atoms with Gasteiger partial charge in [-0.25, -0.2) is 0 Å². The summed E-state index contributed by atoms with van der Waals surface area (Å²) in [5, 5.41) is 23.0. The molecule has 4 nitrogen and oxygen atoms in total. The summed E-state index contributed by atoms with van der Waals surface area (Å²) in [6.45, 7) is 17.9. The van der Waals surface area contributed by atoms with Crippen molar-refractivity contribution >= 4 is 31.4 Å². The molecule has 0 atom stereocenters. The summed E-state index contributed by atoms with van der Waals surface area (Å²) < 4.78 is 0. The SMILES string of the molecule is CCCCCc1cc(CCCCC)cc(N=CC(CC)=Nc2cc(CCCCC)cc(CCCCC)c2)c1.CC[Si](CC)(CC)Cc1cccc([O-])c1[O-].[Ni+2]. The monoisotopic (exact) mass is 811 g/mol. The Morgan fingerprint density at radius 1 is 0.564 bits per heavy atom. The Bertz CT molecular complexity index is 1470. The summed E-state index contributed by atoms with van der Waals surface area (Å²) >= 11 is 0. The van der Waals surface area contributed by atoms with Crippen molar-refractivity contribution in [2.75, 3.05) is 0 Å². The molecule has 3 aromatic rings. The first-order chi connectivity index (χ1) is 26.2. The van der Waals surface area contributed by atoms with Crippen LogP contribution in [0, 0.1) is 0 Å². The first kappa shape index (κ1) is 50.3. The van der Waals surface area contributed by atoms with Crippen LogP contribution in [0.2, 0.25) is 18.1 Å². The van der Waals surface area contributed by atoms with Gasteiger partial charge < -0.3 is 10.2 Å². The van der Waals surface area contributed by atoms with E-state index in [9.17, 15) is 10.2 Å². The topological polar surface area (TPSA) is 70.8 Å². The molecule has 0 fully saturated rings. The zero-order chi connectivity index (χ0) is 39.6. The fourth-order valence-electron chi connectivity index (χ4n) is 7.26. The normalized spacial score (nSPS) is 11.7. The molecule has 0 radical (unpaired) electrons. The van der Waals surface area contributed by atoms with Crippen molar-refractivity contribution in [2.45, 2.75) is 189 Å². The predicted octanol–water partition coefficient (Wildman–Crippen LogP) is 13.9. The van der Waals surface area contributed by atoms with Gasteiger partial charge in [0.25, 0.3) is 0 Å².